The van der Waals surface area contributed by atoms with Gasteiger partial charge in [-0.15, -0.1) is 11.6 Å². The fraction of sp³-hybridized carbons (Fsp3) is 0.533. The summed E-state index contributed by atoms with van der Waals surface area (Å²) in [6.45, 7) is 3.17. The largest absolute Gasteiger partial charge is 0.326 e. The molecule has 20 heavy (non-hydrogen) atoms. The van der Waals surface area contributed by atoms with E-state index in [4.69, 9.17) is 11.6 Å². The molecule has 1 aliphatic rings. The van der Waals surface area contributed by atoms with Gasteiger partial charge in [0.05, 0.1) is 11.0 Å². The number of fused-ring (bicyclic) bond motifs is 1. The van der Waals surface area contributed by atoms with Gasteiger partial charge < -0.3 is 4.57 Å². The van der Waals surface area contributed by atoms with Gasteiger partial charge in [0.25, 0.3) is 0 Å². The normalized spacial score (nSPS) is 22.8. The molecule has 5 heteroatoms. The molecule has 2 heterocycles. The number of aromatic nitrogens is 2. The van der Waals surface area contributed by atoms with E-state index >= 15 is 0 Å². The summed E-state index contributed by atoms with van der Waals surface area (Å²) in [4.78, 5) is 4.62. The van der Waals surface area contributed by atoms with Gasteiger partial charge in [0.2, 0.25) is 0 Å². The average molecular weight is 313 g/mol. The average Bonchev–Trinajstić information content (AvgIpc) is 2.97. The third-order valence-corrected chi connectivity index (χ3v) is 5.61. The summed E-state index contributed by atoms with van der Waals surface area (Å²) in [5, 5.41) is 0. The van der Waals surface area contributed by atoms with Crippen molar-refractivity contribution in [2.24, 2.45) is 0 Å². The highest BCUT2D eigenvalue weighted by atomic mass is 35.5. The lowest BCUT2D eigenvalue weighted by molar-refractivity contribution is 0.506. The van der Waals surface area contributed by atoms with Crippen LogP contribution < -0.4 is 0 Å². The van der Waals surface area contributed by atoms with Crippen molar-refractivity contribution < 1.29 is 4.39 Å². The van der Waals surface area contributed by atoms with Crippen LogP contribution in [-0.2, 0) is 13.0 Å². The van der Waals surface area contributed by atoms with E-state index in [1.807, 2.05) is 11.8 Å². The standard InChI is InChI=1S/C15H18ClFN2S/c1-15(6-2-8-20-15)10-19-13-9-11(17)3-4-12(13)18-14(19)5-7-16/h3-4,9H,2,5-8,10H2,1H3. The van der Waals surface area contributed by atoms with Crippen LogP contribution in [0.25, 0.3) is 11.0 Å². The van der Waals surface area contributed by atoms with Gasteiger partial charge in [0.1, 0.15) is 11.6 Å². The number of aryl methyl sites for hydroxylation is 1. The molecule has 2 nitrogen and oxygen atoms in total. The fourth-order valence-corrected chi connectivity index (χ4v) is 4.35. The van der Waals surface area contributed by atoms with Crippen LogP contribution in [-0.4, -0.2) is 25.9 Å². The molecule has 1 aliphatic heterocycles. The Labute approximate surface area is 127 Å². The van der Waals surface area contributed by atoms with E-state index in [-0.39, 0.29) is 10.6 Å². The van der Waals surface area contributed by atoms with Gasteiger partial charge in [-0.25, -0.2) is 9.37 Å². The number of hydrogen-bond acceptors (Lipinski definition) is 2. The molecule has 0 spiro atoms. The smallest absolute Gasteiger partial charge is 0.125 e. The lowest BCUT2D eigenvalue weighted by atomic mass is 10.1. The molecule has 0 amide bonds. The summed E-state index contributed by atoms with van der Waals surface area (Å²) in [7, 11) is 0. The molecule has 0 N–H and O–H groups in total. The van der Waals surface area contributed by atoms with Crippen LogP contribution in [0.1, 0.15) is 25.6 Å². The van der Waals surface area contributed by atoms with Crippen molar-refractivity contribution in [1.29, 1.82) is 0 Å². The van der Waals surface area contributed by atoms with Gasteiger partial charge in [-0.2, -0.15) is 11.8 Å². The molecule has 1 atom stereocenters. The van der Waals surface area contributed by atoms with Gasteiger partial charge in [0, 0.05) is 23.6 Å². The molecule has 1 aromatic carbocycles. The van der Waals surface area contributed by atoms with E-state index in [9.17, 15) is 4.39 Å². The van der Waals surface area contributed by atoms with Crippen molar-refractivity contribution in [3.05, 3.63) is 29.8 Å². The third kappa shape index (κ3) is 2.68. The van der Waals surface area contributed by atoms with Crippen LogP contribution in [0.3, 0.4) is 0 Å². The first-order valence-corrected chi connectivity index (χ1v) is 8.48. The first-order valence-electron chi connectivity index (χ1n) is 6.96. The van der Waals surface area contributed by atoms with Crippen LogP contribution in [0.4, 0.5) is 4.39 Å². The van der Waals surface area contributed by atoms with Gasteiger partial charge in [-0.05, 0) is 43.7 Å². The first kappa shape index (κ1) is 14.2. The van der Waals surface area contributed by atoms with Crippen LogP contribution in [0.2, 0.25) is 0 Å². The van der Waals surface area contributed by atoms with Gasteiger partial charge in [-0.3, -0.25) is 0 Å². The Morgan fingerprint density at radius 3 is 3.05 bits per heavy atom. The number of nitrogens with zero attached hydrogens (tertiary/aromatic N) is 2. The SMILES string of the molecule is CC1(Cn2c(CCCl)nc3ccc(F)cc32)CCCS1. The monoisotopic (exact) mass is 312 g/mol. The summed E-state index contributed by atoms with van der Waals surface area (Å²) < 4.78 is 15.9. The van der Waals surface area contributed by atoms with Crippen molar-refractivity contribution in [2.75, 3.05) is 11.6 Å². The van der Waals surface area contributed by atoms with E-state index < -0.39 is 0 Å². The molecule has 0 saturated carbocycles. The van der Waals surface area contributed by atoms with Gasteiger partial charge >= 0.3 is 0 Å². The van der Waals surface area contributed by atoms with Crippen LogP contribution in [0.15, 0.2) is 18.2 Å². The number of imidazole rings is 1. The van der Waals surface area contributed by atoms with Crippen LogP contribution in [0, 0.1) is 5.82 Å². The molecule has 3 rings (SSSR count). The Hall–Kier alpha value is -0.740. The Morgan fingerprint density at radius 2 is 2.35 bits per heavy atom. The molecule has 1 fully saturated rings. The van der Waals surface area contributed by atoms with E-state index in [0.29, 0.717) is 5.88 Å². The number of thioether (sulfide) groups is 1. The lowest BCUT2D eigenvalue weighted by Gasteiger charge is -2.24. The van der Waals surface area contributed by atoms with Gasteiger partial charge in [-0.1, -0.05) is 0 Å². The van der Waals surface area contributed by atoms with Crippen molar-refractivity contribution in [3.8, 4) is 0 Å². The molecule has 0 aliphatic carbocycles. The topological polar surface area (TPSA) is 17.8 Å². The zero-order valence-electron chi connectivity index (χ0n) is 11.5. The lowest BCUT2D eigenvalue weighted by Crippen LogP contribution is -2.25. The minimum Gasteiger partial charge on any atom is -0.326 e. The van der Waals surface area contributed by atoms with E-state index in [0.717, 1.165) is 29.8 Å². The van der Waals surface area contributed by atoms with Crippen molar-refractivity contribution in [2.45, 2.75) is 37.5 Å². The predicted molar refractivity (Wildman–Crippen MR) is 84.2 cm³/mol. The Bertz CT molecular complexity index is 620. The zero-order chi connectivity index (χ0) is 14.2. The summed E-state index contributed by atoms with van der Waals surface area (Å²) in [5.41, 5.74) is 1.75. The molecular weight excluding hydrogens is 295 g/mol. The number of hydrogen-bond donors (Lipinski definition) is 0. The number of benzene rings is 1. The van der Waals surface area contributed by atoms with Gasteiger partial charge in [0.15, 0.2) is 0 Å². The highest BCUT2D eigenvalue weighted by Crippen LogP contribution is 2.40. The molecule has 1 aromatic heterocycles. The van der Waals surface area contributed by atoms with Crippen molar-refractivity contribution in [3.63, 3.8) is 0 Å². The number of alkyl halides is 1. The van der Waals surface area contributed by atoms with Crippen LogP contribution in [0.5, 0.6) is 0 Å². The molecular formula is C15H18ClFN2S. The van der Waals surface area contributed by atoms with E-state index in [1.54, 1.807) is 12.1 Å². The number of rotatable bonds is 4. The van der Waals surface area contributed by atoms with E-state index in [2.05, 4.69) is 16.5 Å². The highest BCUT2D eigenvalue weighted by Gasteiger charge is 2.31. The quantitative estimate of drug-likeness (QED) is 0.786. The van der Waals surface area contributed by atoms with Crippen LogP contribution >= 0.6 is 23.4 Å². The van der Waals surface area contributed by atoms with Crippen molar-refractivity contribution >= 4 is 34.4 Å². The molecule has 0 radical (unpaired) electrons. The summed E-state index contributed by atoms with van der Waals surface area (Å²) in [6, 6.07) is 4.81. The maximum atomic E-state index is 13.5. The molecule has 108 valence electrons. The minimum absolute atomic E-state index is 0.208. The number of halogens is 2. The van der Waals surface area contributed by atoms with Crippen molar-refractivity contribution in [1.82, 2.24) is 9.55 Å². The molecule has 1 unspecified atom stereocenters. The Balaban J connectivity index is 2.05. The summed E-state index contributed by atoms with van der Waals surface area (Å²) in [5.74, 6) is 2.51. The Kier molecular flexibility index (Phi) is 3.95. The highest BCUT2D eigenvalue weighted by molar-refractivity contribution is 8.00. The van der Waals surface area contributed by atoms with E-state index in [1.165, 1.54) is 24.7 Å². The second kappa shape index (κ2) is 5.57. The Morgan fingerprint density at radius 1 is 1.50 bits per heavy atom. The summed E-state index contributed by atoms with van der Waals surface area (Å²) >= 11 is 7.89. The third-order valence-electron chi connectivity index (χ3n) is 3.90. The maximum Gasteiger partial charge on any atom is 0.125 e. The second-order valence-corrected chi connectivity index (χ2v) is 7.65. The molecule has 0 bridgehead atoms. The zero-order valence-corrected chi connectivity index (χ0v) is 13.1. The second-order valence-electron chi connectivity index (χ2n) is 5.59. The minimum atomic E-state index is -0.208. The summed E-state index contributed by atoms with van der Waals surface area (Å²) in [6.07, 6.45) is 3.18. The molecule has 2 aromatic rings. The molecule has 1 saturated heterocycles. The fourth-order valence-electron chi connectivity index (χ4n) is 2.89. The predicted octanol–water partition coefficient (Wildman–Crippen LogP) is 4.24. The maximum absolute atomic E-state index is 13.5. The first-order chi connectivity index (χ1) is 9.61.